The zero-order valence-corrected chi connectivity index (χ0v) is 11.6. The second-order valence-electron chi connectivity index (χ2n) is 6.03. The van der Waals surface area contributed by atoms with E-state index < -0.39 is 0 Å². The molecular formula is C14H23NS. The molecular weight excluding hydrogens is 214 g/mol. The first-order valence-electron chi connectivity index (χ1n) is 6.27. The molecule has 2 atom stereocenters. The largest absolute Gasteiger partial charge is 0.309 e. The lowest BCUT2D eigenvalue weighted by Crippen LogP contribution is -2.27. The molecule has 1 fully saturated rings. The number of nitrogens with one attached hydrogen (secondary N) is 1. The summed E-state index contributed by atoms with van der Waals surface area (Å²) in [7, 11) is 0. The van der Waals surface area contributed by atoms with Crippen molar-refractivity contribution in [1.29, 1.82) is 0 Å². The van der Waals surface area contributed by atoms with Crippen LogP contribution in [0.4, 0.5) is 0 Å². The lowest BCUT2D eigenvalue weighted by atomic mass is 10.0. The number of hydrogen-bond acceptors (Lipinski definition) is 2. The topological polar surface area (TPSA) is 12.0 Å². The van der Waals surface area contributed by atoms with Crippen LogP contribution in [0.5, 0.6) is 0 Å². The van der Waals surface area contributed by atoms with E-state index in [-0.39, 0.29) is 0 Å². The van der Waals surface area contributed by atoms with Gasteiger partial charge < -0.3 is 5.32 Å². The van der Waals surface area contributed by atoms with Gasteiger partial charge in [0.15, 0.2) is 0 Å². The van der Waals surface area contributed by atoms with Crippen molar-refractivity contribution in [2.45, 2.75) is 40.2 Å². The quantitative estimate of drug-likeness (QED) is 0.813. The Balaban J connectivity index is 1.90. The van der Waals surface area contributed by atoms with Crippen LogP contribution in [0, 0.1) is 17.3 Å². The SMILES string of the molecule is CC(C)C(NCC1CC1(C)C)c1cccs1. The van der Waals surface area contributed by atoms with E-state index in [1.807, 2.05) is 11.3 Å². The predicted octanol–water partition coefficient (Wildman–Crippen LogP) is 4.08. The van der Waals surface area contributed by atoms with Crippen molar-refractivity contribution < 1.29 is 0 Å². The van der Waals surface area contributed by atoms with Crippen LogP contribution < -0.4 is 5.32 Å². The molecule has 2 rings (SSSR count). The van der Waals surface area contributed by atoms with Gasteiger partial charge in [-0.15, -0.1) is 11.3 Å². The molecule has 2 heteroatoms. The zero-order valence-electron chi connectivity index (χ0n) is 10.8. The van der Waals surface area contributed by atoms with E-state index in [2.05, 4.69) is 50.5 Å². The van der Waals surface area contributed by atoms with Gasteiger partial charge in [-0.1, -0.05) is 33.8 Å². The molecule has 1 aliphatic carbocycles. The molecule has 2 unspecified atom stereocenters. The van der Waals surface area contributed by atoms with Crippen molar-refractivity contribution >= 4 is 11.3 Å². The van der Waals surface area contributed by atoms with Gasteiger partial charge in [0.25, 0.3) is 0 Å². The van der Waals surface area contributed by atoms with Gasteiger partial charge in [0.05, 0.1) is 0 Å². The summed E-state index contributed by atoms with van der Waals surface area (Å²) in [6.07, 6.45) is 1.38. The molecule has 1 aliphatic rings. The van der Waals surface area contributed by atoms with Crippen molar-refractivity contribution in [3.63, 3.8) is 0 Å². The summed E-state index contributed by atoms with van der Waals surface area (Å²) < 4.78 is 0. The summed E-state index contributed by atoms with van der Waals surface area (Å²) in [5.74, 6) is 1.55. The Kier molecular flexibility index (Phi) is 3.41. The molecule has 1 nitrogen and oxygen atoms in total. The number of hydrogen-bond donors (Lipinski definition) is 1. The van der Waals surface area contributed by atoms with Gasteiger partial charge in [0, 0.05) is 10.9 Å². The maximum absolute atomic E-state index is 3.75. The van der Waals surface area contributed by atoms with Crippen LogP contribution in [0.25, 0.3) is 0 Å². The minimum absolute atomic E-state index is 0.538. The van der Waals surface area contributed by atoms with Gasteiger partial charge in [-0.3, -0.25) is 0 Å². The summed E-state index contributed by atoms with van der Waals surface area (Å²) in [5.41, 5.74) is 0.587. The van der Waals surface area contributed by atoms with Crippen molar-refractivity contribution in [2.75, 3.05) is 6.54 Å². The van der Waals surface area contributed by atoms with E-state index in [4.69, 9.17) is 0 Å². The van der Waals surface area contributed by atoms with Gasteiger partial charge in [-0.05, 0) is 41.7 Å². The second kappa shape index (κ2) is 4.50. The summed E-state index contributed by atoms with van der Waals surface area (Å²) in [6, 6.07) is 4.94. The van der Waals surface area contributed by atoms with Gasteiger partial charge in [0.2, 0.25) is 0 Å². The van der Waals surface area contributed by atoms with Gasteiger partial charge in [-0.2, -0.15) is 0 Å². The Labute approximate surface area is 103 Å². The van der Waals surface area contributed by atoms with Crippen LogP contribution in [0.15, 0.2) is 17.5 Å². The second-order valence-corrected chi connectivity index (χ2v) is 7.01. The molecule has 1 aromatic rings. The minimum atomic E-state index is 0.538. The molecule has 1 heterocycles. The molecule has 1 N–H and O–H groups in total. The summed E-state index contributed by atoms with van der Waals surface area (Å²) in [4.78, 5) is 1.48. The van der Waals surface area contributed by atoms with Crippen molar-refractivity contribution in [3.05, 3.63) is 22.4 Å². The van der Waals surface area contributed by atoms with E-state index in [9.17, 15) is 0 Å². The molecule has 0 saturated heterocycles. The Bertz CT molecular complexity index is 327. The Morgan fingerprint density at radius 3 is 2.62 bits per heavy atom. The maximum Gasteiger partial charge on any atom is 0.0438 e. The van der Waals surface area contributed by atoms with E-state index in [0.29, 0.717) is 17.4 Å². The molecule has 0 amide bonds. The normalized spacial score (nSPS) is 24.7. The van der Waals surface area contributed by atoms with Crippen LogP contribution in [0.1, 0.15) is 45.0 Å². The lowest BCUT2D eigenvalue weighted by Gasteiger charge is -2.21. The van der Waals surface area contributed by atoms with Crippen molar-refractivity contribution in [1.82, 2.24) is 5.32 Å². The van der Waals surface area contributed by atoms with Crippen LogP contribution in [-0.4, -0.2) is 6.54 Å². The monoisotopic (exact) mass is 237 g/mol. The molecule has 1 saturated carbocycles. The molecule has 0 radical (unpaired) electrons. The standard InChI is InChI=1S/C14H23NS/c1-10(2)13(12-6-5-7-16-12)15-9-11-8-14(11,3)4/h5-7,10-11,13,15H,8-9H2,1-4H3. The third-order valence-electron chi connectivity index (χ3n) is 3.82. The van der Waals surface area contributed by atoms with Crippen molar-refractivity contribution in [2.24, 2.45) is 17.3 Å². The van der Waals surface area contributed by atoms with Crippen LogP contribution >= 0.6 is 11.3 Å². The summed E-state index contributed by atoms with van der Waals surface area (Å²) in [6.45, 7) is 10.5. The molecule has 0 aliphatic heterocycles. The number of rotatable bonds is 5. The Morgan fingerprint density at radius 2 is 2.19 bits per heavy atom. The van der Waals surface area contributed by atoms with E-state index in [1.165, 1.54) is 17.8 Å². The van der Waals surface area contributed by atoms with Crippen LogP contribution in [-0.2, 0) is 0 Å². The first-order valence-corrected chi connectivity index (χ1v) is 7.15. The molecule has 16 heavy (non-hydrogen) atoms. The zero-order chi connectivity index (χ0) is 11.8. The van der Waals surface area contributed by atoms with Gasteiger partial charge >= 0.3 is 0 Å². The Hall–Kier alpha value is -0.340. The molecule has 0 bridgehead atoms. The highest BCUT2D eigenvalue weighted by atomic mass is 32.1. The first-order chi connectivity index (χ1) is 7.50. The first kappa shape index (κ1) is 12.1. The third-order valence-corrected chi connectivity index (χ3v) is 4.77. The molecule has 0 aromatic carbocycles. The smallest absolute Gasteiger partial charge is 0.0438 e. The fourth-order valence-corrected chi connectivity index (χ4v) is 3.30. The highest BCUT2D eigenvalue weighted by molar-refractivity contribution is 7.10. The van der Waals surface area contributed by atoms with Crippen LogP contribution in [0.3, 0.4) is 0 Å². The van der Waals surface area contributed by atoms with Gasteiger partial charge in [-0.25, -0.2) is 0 Å². The van der Waals surface area contributed by atoms with E-state index in [1.54, 1.807) is 0 Å². The fraction of sp³-hybridized carbons (Fsp3) is 0.714. The van der Waals surface area contributed by atoms with E-state index >= 15 is 0 Å². The Morgan fingerprint density at radius 1 is 1.50 bits per heavy atom. The molecule has 0 spiro atoms. The van der Waals surface area contributed by atoms with E-state index in [0.717, 1.165) is 5.92 Å². The number of thiophene rings is 1. The third kappa shape index (κ3) is 2.67. The minimum Gasteiger partial charge on any atom is -0.309 e. The van der Waals surface area contributed by atoms with Crippen molar-refractivity contribution in [3.8, 4) is 0 Å². The lowest BCUT2D eigenvalue weighted by molar-refractivity contribution is 0.394. The highest BCUT2D eigenvalue weighted by Gasteiger charge is 2.45. The summed E-state index contributed by atoms with van der Waals surface area (Å²) in [5, 5.41) is 5.92. The fourth-order valence-electron chi connectivity index (χ4n) is 2.33. The summed E-state index contributed by atoms with van der Waals surface area (Å²) >= 11 is 1.87. The van der Waals surface area contributed by atoms with Crippen LogP contribution in [0.2, 0.25) is 0 Å². The molecule has 1 aromatic heterocycles. The average molecular weight is 237 g/mol. The average Bonchev–Trinajstić information content (AvgIpc) is 2.67. The molecule has 90 valence electrons. The predicted molar refractivity (Wildman–Crippen MR) is 71.8 cm³/mol. The van der Waals surface area contributed by atoms with Gasteiger partial charge in [0.1, 0.15) is 0 Å². The highest BCUT2D eigenvalue weighted by Crippen LogP contribution is 2.51. The maximum atomic E-state index is 3.75.